The highest BCUT2D eigenvalue weighted by molar-refractivity contribution is 5.96. The maximum Gasteiger partial charge on any atom is 0.273 e. The number of nitrogens with zero attached hydrogens (tertiary/aromatic N) is 1. The predicted molar refractivity (Wildman–Crippen MR) is 93.4 cm³/mol. The first kappa shape index (κ1) is 18.3. The topological polar surface area (TPSA) is 90.7 Å². The van der Waals surface area contributed by atoms with Crippen molar-refractivity contribution in [1.29, 1.82) is 0 Å². The highest BCUT2D eigenvalue weighted by atomic mass is 16.6. The van der Waals surface area contributed by atoms with Crippen molar-refractivity contribution in [3.8, 4) is 11.5 Å². The van der Waals surface area contributed by atoms with Crippen LogP contribution in [0.25, 0.3) is 0 Å². The molecule has 2 aromatic carbocycles. The van der Waals surface area contributed by atoms with Crippen LogP contribution in [0.4, 0.5) is 5.69 Å². The van der Waals surface area contributed by atoms with Gasteiger partial charge in [0, 0.05) is 23.7 Å². The summed E-state index contributed by atoms with van der Waals surface area (Å²) in [4.78, 5) is 22.7. The summed E-state index contributed by atoms with van der Waals surface area (Å²) in [6.07, 6.45) is 0.597. The second-order valence-corrected chi connectivity index (χ2v) is 5.40. The zero-order valence-electron chi connectivity index (χ0n) is 14.4. The summed E-state index contributed by atoms with van der Waals surface area (Å²) in [6.45, 7) is 1.97. The Morgan fingerprint density at radius 2 is 1.88 bits per heavy atom. The number of benzene rings is 2. The Hall–Kier alpha value is -3.09. The summed E-state index contributed by atoms with van der Waals surface area (Å²) in [5.41, 5.74) is 1.58. The van der Waals surface area contributed by atoms with Crippen LogP contribution in [0.3, 0.4) is 0 Å². The van der Waals surface area contributed by atoms with E-state index in [1.807, 2.05) is 12.1 Å². The second kappa shape index (κ2) is 8.14. The van der Waals surface area contributed by atoms with Crippen molar-refractivity contribution in [2.45, 2.75) is 13.3 Å². The molecule has 132 valence electrons. The largest absolute Gasteiger partial charge is 0.493 e. The van der Waals surface area contributed by atoms with Gasteiger partial charge >= 0.3 is 0 Å². The number of amides is 1. The standard InChI is InChI=1S/C18H20N2O5/c1-12-14(5-4-6-15(12)20(22)23)18(21)19-10-9-13-7-8-16(24-2)17(11-13)25-3/h4-8,11H,9-10H2,1-3H3,(H,19,21). The normalized spacial score (nSPS) is 10.2. The summed E-state index contributed by atoms with van der Waals surface area (Å²) in [5, 5.41) is 13.7. The zero-order chi connectivity index (χ0) is 18.4. The Kier molecular flexibility index (Phi) is 5.94. The number of carbonyl (C=O) groups excluding carboxylic acids is 1. The van der Waals surface area contributed by atoms with E-state index >= 15 is 0 Å². The molecule has 0 aliphatic heterocycles. The third kappa shape index (κ3) is 4.26. The number of nitro groups is 1. The average Bonchev–Trinajstić information content (AvgIpc) is 2.61. The van der Waals surface area contributed by atoms with E-state index in [0.717, 1.165) is 5.56 Å². The SMILES string of the molecule is COc1ccc(CCNC(=O)c2cccc([N+](=O)[O-])c2C)cc1OC. The molecule has 0 heterocycles. The van der Waals surface area contributed by atoms with Crippen LogP contribution in [-0.4, -0.2) is 31.6 Å². The van der Waals surface area contributed by atoms with E-state index in [0.29, 0.717) is 35.6 Å². The predicted octanol–water partition coefficient (Wildman–Crippen LogP) is 2.89. The molecule has 0 fully saturated rings. The highest BCUT2D eigenvalue weighted by Gasteiger charge is 2.17. The molecule has 0 aromatic heterocycles. The number of carbonyl (C=O) groups is 1. The molecule has 1 amide bonds. The maximum atomic E-state index is 12.3. The van der Waals surface area contributed by atoms with Gasteiger partial charge in [0.2, 0.25) is 0 Å². The van der Waals surface area contributed by atoms with Crippen molar-refractivity contribution in [3.05, 3.63) is 63.2 Å². The van der Waals surface area contributed by atoms with Crippen LogP contribution in [0.15, 0.2) is 36.4 Å². The van der Waals surface area contributed by atoms with Crippen LogP contribution in [0.2, 0.25) is 0 Å². The molecule has 0 aliphatic rings. The maximum absolute atomic E-state index is 12.3. The van der Waals surface area contributed by atoms with E-state index in [-0.39, 0.29) is 11.6 Å². The van der Waals surface area contributed by atoms with Crippen molar-refractivity contribution in [3.63, 3.8) is 0 Å². The lowest BCUT2D eigenvalue weighted by Gasteiger charge is -2.11. The molecule has 0 unspecified atom stereocenters. The summed E-state index contributed by atoms with van der Waals surface area (Å²) in [6, 6.07) is 10.0. The van der Waals surface area contributed by atoms with Crippen molar-refractivity contribution >= 4 is 11.6 Å². The van der Waals surface area contributed by atoms with Crippen molar-refractivity contribution < 1.29 is 19.2 Å². The molecule has 7 nitrogen and oxygen atoms in total. The number of nitrogens with one attached hydrogen (secondary N) is 1. The molecule has 0 aliphatic carbocycles. The van der Waals surface area contributed by atoms with Gasteiger partial charge in [-0.3, -0.25) is 14.9 Å². The van der Waals surface area contributed by atoms with Gasteiger partial charge in [-0.25, -0.2) is 0 Å². The molecular weight excluding hydrogens is 324 g/mol. The fraction of sp³-hybridized carbons (Fsp3) is 0.278. The van der Waals surface area contributed by atoms with Crippen molar-refractivity contribution in [1.82, 2.24) is 5.32 Å². The molecule has 25 heavy (non-hydrogen) atoms. The van der Waals surface area contributed by atoms with E-state index in [1.54, 1.807) is 33.3 Å². The van der Waals surface area contributed by atoms with Gasteiger partial charge in [0.15, 0.2) is 11.5 Å². The van der Waals surface area contributed by atoms with Crippen LogP contribution < -0.4 is 14.8 Å². The first-order valence-electron chi connectivity index (χ1n) is 7.71. The van der Waals surface area contributed by atoms with Crippen LogP contribution in [-0.2, 0) is 6.42 Å². The van der Waals surface area contributed by atoms with E-state index in [2.05, 4.69) is 5.32 Å². The molecule has 0 atom stereocenters. The first-order chi connectivity index (χ1) is 12.0. The van der Waals surface area contributed by atoms with Gasteiger partial charge in [-0.05, 0) is 37.1 Å². The average molecular weight is 344 g/mol. The lowest BCUT2D eigenvalue weighted by Crippen LogP contribution is -2.26. The number of hydrogen-bond acceptors (Lipinski definition) is 5. The molecule has 0 radical (unpaired) electrons. The summed E-state index contributed by atoms with van der Waals surface area (Å²) in [7, 11) is 3.13. The first-order valence-corrected chi connectivity index (χ1v) is 7.71. The molecular formula is C18H20N2O5. The molecule has 0 saturated heterocycles. The van der Waals surface area contributed by atoms with Gasteiger partial charge < -0.3 is 14.8 Å². The minimum absolute atomic E-state index is 0.0625. The monoisotopic (exact) mass is 344 g/mol. The lowest BCUT2D eigenvalue weighted by molar-refractivity contribution is -0.385. The van der Waals surface area contributed by atoms with E-state index in [4.69, 9.17) is 9.47 Å². The molecule has 0 saturated carbocycles. The second-order valence-electron chi connectivity index (χ2n) is 5.40. The number of methoxy groups -OCH3 is 2. The molecule has 2 aromatic rings. The third-order valence-electron chi connectivity index (χ3n) is 3.89. The highest BCUT2D eigenvalue weighted by Crippen LogP contribution is 2.27. The third-order valence-corrected chi connectivity index (χ3v) is 3.89. The lowest BCUT2D eigenvalue weighted by atomic mass is 10.1. The molecule has 0 bridgehead atoms. The number of hydrogen-bond donors (Lipinski definition) is 1. The number of nitro benzene ring substituents is 1. The Bertz CT molecular complexity index is 789. The van der Waals surface area contributed by atoms with E-state index in [9.17, 15) is 14.9 Å². The summed E-state index contributed by atoms with van der Waals surface area (Å²) < 4.78 is 10.4. The molecule has 2 rings (SSSR count). The van der Waals surface area contributed by atoms with Crippen molar-refractivity contribution in [2.24, 2.45) is 0 Å². The van der Waals surface area contributed by atoms with E-state index in [1.165, 1.54) is 12.1 Å². The Morgan fingerprint density at radius 3 is 2.52 bits per heavy atom. The van der Waals surface area contributed by atoms with Gasteiger partial charge in [0.05, 0.1) is 19.1 Å². The molecule has 1 N–H and O–H groups in total. The molecule has 0 spiro atoms. The fourth-order valence-corrected chi connectivity index (χ4v) is 2.52. The number of ether oxygens (including phenoxy) is 2. The van der Waals surface area contributed by atoms with Crippen LogP contribution in [0.5, 0.6) is 11.5 Å². The van der Waals surface area contributed by atoms with Gasteiger partial charge in [0.25, 0.3) is 11.6 Å². The fourth-order valence-electron chi connectivity index (χ4n) is 2.52. The Balaban J connectivity index is 2.02. The smallest absolute Gasteiger partial charge is 0.273 e. The van der Waals surface area contributed by atoms with Gasteiger partial charge in [0.1, 0.15) is 0 Å². The summed E-state index contributed by atoms with van der Waals surface area (Å²) in [5.74, 6) is 0.935. The minimum atomic E-state index is -0.490. The minimum Gasteiger partial charge on any atom is -0.493 e. The van der Waals surface area contributed by atoms with Crippen molar-refractivity contribution in [2.75, 3.05) is 20.8 Å². The Labute approximate surface area is 145 Å². The quantitative estimate of drug-likeness (QED) is 0.616. The van der Waals surface area contributed by atoms with Crippen LogP contribution in [0, 0.1) is 17.0 Å². The van der Waals surface area contributed by atoms with Gasteiger partial charge in [-0.2, -0.15) is 0 Å². The molecule has 7 heteroatoms. The Morgan fingerprint density at radius 1 is 1.16 bits per heavy atom. The summed E-state index contributed by atoms with van der Waals surface area (Å²) >= 11 is 0. The van der Waals surface area contributed by atoms with Gasteiger partial charge in [-0.15, -0.1) is 0 Å². The van der Waals surface area contributed by atoms with Crippen LogP contribution >= 0.6 is 0 Å². The number of rotatable bonds is 7. The van der Waals surface area contributed by atoms with E-state index < -0.39 is 4.92 Å². The zero-order valence-corrected chi connectivity index (χ0v) is 14.4. The van der Waals surface area contributed by atoms with Gasteiger partial charge in [-0.1, -0.05) is 12.1 Å². The van der Waals surface area contributed by atoms with Crippen LogP contribution in [0.1, 0.15) is 21.5 Å².